The van der Waals surface area contributed by atoms with E-state index >= 15 is 0 Å². The number of nitro benzene ring substituents is 1. The maximum atomic E-state index is 12.4. The third-order valence-electron chi connectivity index (χ3n) is 1.87. The van der Waals surface area contributed by atoms with Crippen LogP contribution in [0.5, 0.6) is 5.75 Å². The van der Waals surface area contributed by atoms with E-state index in [2.05, 4.69) is 4.74 Å². The van der Waals surface area contributed by atoms with Gasteiger partial charge in [0.1, 0.15) is 5.75 Å². The summed E-state index contributed by atoms with van der Waals surface area (Å²) in [7, 11) is 0. The fourth-order valence-corrected chi connectivity index (χ4v) is 1.02. The number of rotatable bonds is 5. The number of phenols is 1. The van der Waals surface area contributed by atoms with Crippen LogP contribution in [0.2, 0.25) is 0 Å². The molecule has 8 heteroatoms. The van der Waals surface area contributed by atoms with Crippen LogP contribution in [0.25, 0.3) is 0 Å². The second-order valence-corrected chi connectivity index (χ2v) is 3.13. The van der Waals surface area contributed by atoms with Gasteiger partial charge < -0.3 is 9.84 Å². The molecule has 5 nitrogen and oxygen atoms in total. The summed E-state index contributed by atoms with van der Waals surface area (Å²) >= 11 is 0. The third kappa shape index (κ3) is 3.59. The third-order valence-corrected chi connectivity index (χ3v) is 1.87. The van der Waals surface area contributed by atoms with Crippen molar-refractivity contribution in [2.75, 3.05) is 6.67 Å². The van der Waals surface area contributed by atoms with Crippen LogP contribution in [-0.2, 0) is 11.3 Å². The maximum Gasteiger partial charge on any atom is 0.384 e. The Hall–Kier alpha value is -1.83. The molecule has 0 heterocycles. The van der Waals surface area contributed by atoms with E-state index < -0.39 is 30.1 Å². The molecule has 1 N–H and O–H groups in total. The lowest BCUT2D eigenvalue weighted by molar-refractivity contribution is -0.385. The Kier molecular flexibility index (Phi) is 3.89. The molecule has 0 atom stereocenters. The van der Waals surface area contributed by atoms with E-state index in [1.54, 1.807) is 0 Å². The molecule has 94 valence electrons. The summed E-state index contributed by atoms with van der Waals surface area (Å²) in [5, 5.41) is 19.6. The average molecular weight is 251 g/mol. The second kappa shape index (κ2) is 5.00. The Labute approximate surface area is 93.6 Å². The standard InChI is InChI=1S/C9H8F3NO4/c10-5-9(11,12)17-4-6-3-7(13(15)16)1-2-8(6)14/h1-3,14H,4-5H2. The van der Waals surface area contributed by atoms with Gasteiger partial charge in [-0.1, -0.05) is 0 Å². The maximum absolute atomic E-state index is 12.4. The van der Waals surface area contributed by atoms with Crippen molar-refractivity contribution < 1.29 is 27.9 Å². The highest BCUT2D eigenvalue weighted by Crippen LogP contribution is 2.26. The molecule has 0 aliphatic carbocycles. The molecule has 0 fully saturated rings. The Bertz CT molecular complexity index is 425. The van der Waals surface area contributed by atoms with Crippen molar-refractivity contribution in [3.8, 4) is 5.75 Å². The lowest BCUT2D eigenvalue weighted by atomic mass is 10.2. The van der Waals surface area contributed by atoms with Gasteiger partial charge in [-0.3, -0.25) is 10.1 Å². The zero-order valence-electron chi connectivity index (χ0n) is 8.40. The minimum atomic E-state index is -3.98. The molecule has 17 heavy (non-hydrogen) atoms. The predicted octanol–water partition coefficient (Wildman–Crippen LogP) is 2.38. The van der Waals surface area contributed by atoms with Crippen molar-refractivity contribution >= 4 is 5.69 Å². The summed E-state index contributed by atoms with van der Waals surface area (Å²) in [6.07, 6.45) is -3.98. The molecular weight excluding hydrogens is 243 g/mol. The van der Waals surface area contributed by atoms with E-state index in [9.17, 15) is 28.4 Å². The predicted molar refractivity (Wildman–Crippen MR) is 50.5 cm³/mol. The first-order chi connectivity index (χ1) is 7.85. The van der Waals surface area contributed by atoms with Crippen molar-refractivity contribution in [3.63, 3.8) is 0 Å². The molecule has 0 spiro atoms. The number of hydrogen-bond donors (Lipinski definition) is 1. The number of nitro groups is 1. The van der Waals surface area contributed by atoms with Crippen LogP contribution >= 0.6 is 0 Å². The van der Waals surface area contributed by atoms with Crippen LogP contribution in [0.4, 0.5) is 18.9 Å². The number of non-ortho nitro benzene ring substituents is 1. The van der Waals surface area contributed by atoms with Gasteiger partial charge in [0.2, 0.25) is 0 Å². The normalized spacial score (nSPS) is 11.5. The molecule has 0 saturated heterocycles. The van der Waals surface area contributed by atoms with E-state index in [1.807, 2.05) is 0 Å². The molecule has 1 aromatic carbocycles. The highest BCUT2D eigenvalue weighted by Gasteiger charge is 2.30. The van der Waals surface area contributed by atoms with Crippen molar-refractivity contribution in [3.05, 3.63) is 33.9 Å². The van der Waals surface area contributed by atoms with Gasteiger partial charge in [-0.15, -0.1) is 0 Å². The van der Waals surface area contributed by atoms with Gasteiger partial charge >= 0.3 is 6.11 Å². The zero-order valence-corrected chi connectivity index (χ0v) is 8.40. The Morgan fingerprint density at radius 3 is 2.65 bits per heavy atom. The van der Waals surface area contributed by atoms with Gasteiger partial charge in [0.05, 0.1) is 11.5 Å². The van der Waals surface area contributed by atoms with Gasteiger partial charge in [-0.05, 0) is 6.07 Å². The second-order valence-electron chi connectivity index (χ2n) is 3.13. The minimum absolute atomic E-state index is 0.215. The first kappa shape index (κ1) is 13.2. The smallest absolute Gasteiger partial charge is 0.384 e. The van der Waals surface area contributed by atoms with Gasteiger partial charge in [-0.25, -0.2) is 4.39 Å². The highest BCUT2D eigenvalue weighted by molar-refractivity contribution is 5.42. The van der Waals surface area contributed by atoms with Crippen LogP contribution in [-0.4, -0.2) is 22.8 Å². The summed E-state index contributed by atoms with van der Waals surface area (Å²) in [6.45, 7) is -2.84. The summed E-state index contributed by atoms with van der Waals surface area (Å²) in [5.41, 5.74) is -0.600. The number of benzene rings is 1. The molecular formula is C9H8F3NO4. The van der Waals surface area contributed by atoms with Crippen LogP contribution in [0.1, 0.15) is 5.56 Å². The quantitative estimate of drug-likeness (QED) is 0.644. The van der Waals surface area contributed by atoms with E-state index in [0.29, 0.717) is 0 Å². The number of hydrogen-bond acceptors (Lipinski definition) is 4. The summed E-state index contributed by atoms with van der Waals surface area (Å²) in [4.78, 5) is 9.64. The Morgan fingerprint density at radius 1 is 1.47 bits per heavy atom. The number of ether oxygens (including phenoxy) is 1. The minimum Gasteiger partial charge on any atom is -0.508 e. The van der Waals surface area contributed by atoms with Crippen molar-refractivity contribution in [1.82, 2.24) is 0 Å². The molecule has 0 unspecified atom stereocenters. The monoisotopic (exact) mass is 251 g/mol. The van der Waals surface area contributed by atoms with Gasteiger partial charge in [-0.2, -0.15) is 8.78 Å². The molecule has 0 aliphatic rings. The fraction of sp³-hybridized carbons (Fsp3) is 0.333. The van der Waals surface area contributed by atoms with Crippen LogP contribution < -0.4 is 0 Å². The molecule has 0 bridgehead atoms. The lowest BCUT2D eigenvalue weighted by Gasteiger charge is -2.13. The number of halogens is 3. The van der Waals surface area contributed by atoms with E-state index in [1.165, 1.54) is 0 Å². The number of phenolic OH excluding ortho intramolecular Hbond substituents is 1. The average Bonchev–Trinajstić information content (AvgIpc) is 2.27. The van der Waals surface area contributed by atoms with E-state index in [0.717, 1.165) is 18.2 Å². The summed E-state index contributed by atoms with van der Waals surface area (Å²) < 4.78 is 40.5. The lowest BCUT2D eigenvalue weighted by Crippen LogP contribution is -2.22. The van der Waals surface area contributed by atoms with Crippen molar-refractivity contribution in [2.24, 2.45) is 0 Å². The van der Waals surface area contributed by atoms with E-state index in [-0.39, 0.29) is 11.3 Å². The molecule has 0 aliphatic heterocycles. The van der Waals surface area contributed by atoms with Crippen molar-refractivity contribution in [1.29, 1.82) is 0 Å². The van der Waals surface area contributed by atoms with Crippen LogP contribution in [0.15, 0.2) is 18.2 Å². The van der Waals surface area contributed by atoms with Gasteiger partial charge in [0.15, 0.2) is 6.67 Å². The SMILES string of the molecule is O=[N+]([O-])c1ccc(O)c(COC(F)(F)CF)c1. The first-order valence-corrected chi connectivity index (χ1v) is 4.40. The molecule has 0 amide bonds. The Morgan fingerprint density at radius 2 is 2.12 bits per heavy atom. The molecule has 0 aromatic heterocycles. The molecule has 0 saturated carbocycles. The number of alkyl halides is 3. The molecule has 0 radical (unpaired) electrons. The highest BCUT2D eigenvalue weighted by atomic mass is 19.3. The Balaban J connectivity index is 2.83. The first-order valence-electron chi connectivity index (χ1n) is 4.40. The van der Waals surface area contributed by atoms with Crippen molar-refractivity contribution in [2.45, 2.75) is 12.7 Å². The van der Waals surface area contributed by atoms with Crippen LogP contribution in [0, 0.1) is 10.1 Å². The van der Waals surface area contributed by atoms with Gasteiger partial charge in [0, 0.05) is 17.7 Å². The summed E-state index contributed by atoms with van der Waals surface area (Å²) in [5.74, 6) is -0.440. The zero-order chi connectivity index (χ0) is 13.1. The van der Waals surface area contributed by atoms with Crippen LogP contribution in [0.3, 0.4) is 0 Å². The largest absolute Gasteiger partial charge is 0.508 e. The summed E-state index contributed by atoms with van der Waals surface area (Å²) in [6, 6.07) is 2.86. The number of nitrogens with zero attached hydrogens (tertiary/aromatic N) is 1. The van der Waals surface area contributed by atoms with E-state index in [4.69, 9.17) is 0 Å². The molecule has 1 rings (SSSR count). The topological polar surface area (TPSA) is 72.6 Å². The molecule has 1 aromatic rings. The van der Waals surface area contributed by atoms with Gasteiger partial charge in [0.25, 0.3) is 5.69 Å². The number of aromatic hydroxyl groups is 1. The fourth-order valence-electron chi connectivity index (χ4n) is 1.02.